The lowest BCUT2D eigenvalue weighted by Crippen LogP contribution is -2.03. The van der Waals surface area contributed by atoms with Crippen LogP contribution in [-0.2, 0) is 6.54 Å². The summed E-state index contributed by atoms with van der Waals surface area (Å²) in [6.07, 6.45) is 1.72. The van der Waals surface area contributed by atoms with Crippen LogP contribution in [0.25, 0.3) is 0 Å². The average Bonchev–Trinajstić information content (AvgIpc) is 2.33. The molecule has 1 aromatic heterocycles. The van der Waals surface area contributed by atoms with Crippen molar-refractivity contribution in [3.05, 3.63) is 50.5 Å². The Labute approximate surface area is 123 Å². The van der Waals surface area contributed by atoms with Crippen LogP contribution in [0.15, 0.2) is 39.4 Å². The highest BCUT2D eigenvalue weighted by atomic mass is 79.9. The van der Waals surface area contributed by atoms with E-state index in [9.17, 15) is 0 Å². The summed E-state index contributed by atoms with van der Waals surface area (Å²) in [7, 11) is 0. The van der Waals surface area contributed by atoms with E-state index < -0.39 is 0 Å². The van der Waals surface area contributed by atoms with E-state index in [0.717, 1.165) is 20.1 Å². The van der Waals surface area contributed by atoms with Crippen molar-refractivity contribution < 1.29 is 4.74 Å². The van der Waals surface area contributed by atoms with Gasteiger partial charge in [-0.1, -0.05) is 15.9 Å². The molecule has 18 heavy (non-hydrogen) atoms. The third kappa shape index (κ3) is 2.91. The molecule has 0 unspecified atom stereocenters. The van der Waals surface area contributed by atoms with Crippen molar-refractivity contribution in [2.24, 2.45) is 5.73 Å². The molecule has 0 aliphatic carbocycles. The molecule has 0 saturated carbocycles. The van der Waals surface area contributed by atoms with E-state index in [1.54, 1.807) is 6.20 Å². The minimum Gasteiger partial charge on any atom is -0.437 e. The van der Waals surface area contributed by atoms with E-state index in [4.69, 9.17) is 10.5 Å². The van der Waals surface area contributed by atoms with Gasteiger partial charge in [-0.15, -0.1) is 0 Å². The summed E-state index contributed by atoms with van der Waals surface area (Å²) in [6.45, 7) is 2.40. The molecule has 0 amide bonds. The minimum atomic E-state index is 0.406. The van der Waals surface area contributed by atoms with Crippen LogP contribution >= 0.6 is 31.9 Å². The van der Waals surface area contributed by atoms with Gasteiger partial charge in [0.15, 0.2) is 0 Å². The Balaban J connectivity index is 2.37. The summed E-state index contributed by atoms with van der Waals surface area (Å²) in [4.78, 5) is 4.23. The fourth-order valence-electron chi connectivity index (χ4n) is 1.56. The maximum absolute atomic E-state index is 5.81. The number of aryl methyl sites for hydroxylation is 1. The second kappa shape index (κ2) is 5.82. The van der Waals surface area contributed by atoms with Crippen LogP contribution in [0.4, 0.5) is 0 Å². The quantitative estimate of drug-likeness (QED) is 0.880. The smallest absolute Gasteiger partial charge is 0.224 e. The molecule has 0 aliphatic rings. The maximum Gasteiger partial charge on any atom is 0.224 e. The molecule has 5 heteroatoms. The van der Waals surface area contributed by atoms with Crippen LogP contribution in [0.1, 0.15) is 11.1 Å². The third-order valence-electron chi connectivity index (χ3n) is 2.56. The number of nitrogens with two attached hydrogens (primary N) is 1. The largest absolute Gasteiger partial charge is 0.437 e. The van der Waals surface area contributed by atoms with Crippen LogP contribution in [0, 0.1) is 6.92 Å². The molecule has 3 nitrogen and oxygen atoms in total. The molecule has 94 valence electrons. The number of rotatable bonds is 3. The van der Waals surface area contributed by atoms with Crippen LogP contribution in [0.3, 0.4) is 0 Å². The van der Waals surface area contributed by atoms with E-state index in [-0.39, 0.29) is 0 Å². The highest BCUT2D eigenvalue weighted by Crippen LogP contribution is 2.32. The van der Waals surface area contributed by atoms with Crippen molar-refractivity contribution >= 4 is 31.9 Å². The summed E-state index contributed by atoms with van der Waals surface area (Å²) in [5, 5.41) is 0. The second-order valence-corrected chi connectivity index (χ2v) is 5.56. The molecule has 2 aromatic rings. The standard InChI is InChI=1S/C13H12Br2N2O/c1-8-4-5-17-13(10(8)7-16)18-12-3-2-9(14)6-11(12)15/h2-6H,7,16H2,1H3. The van der Waals surface area contributed by atoms with Crippen molar-refractivity contribution in [1.29, 1.82) is 0 Å². The molecule has 0 atom stereocenters. The monoisotopic (exact) mass is 370 g/mol. The van der Waals surface area contributed by atoms with Gasteiger partial charge in [0.25, 0.3) is 0 Å². The summed E-state index contributed by atoms with van der Waals surface area (Å²) in [5.74, 6) is 1.27. The van der Waals surface area contributed by atoms with Crippen LogP contribution < -0.4 is 10.5 Å². The maximum atomic E-state index is 5.81. The zero-order valence-electron chi connectivity index (χ0n) is 9.78. The first-order valence-electron chi connectivity index (χ1n) is 5.39. The molecule has 2 rings (SSSR count). The molecule has 0 fully saturated rings. The van der Waals surface area contributed by atoms with Crippen molar-refractivity contribution in [3.63, 3.8) is 0 Å². The molecule has 1 aromatic carbocycles. The highest BCUT2D eigenvalue weighted by Gasteiger charge is 2.10. The lowest BCUT2D eigenvalue weighted by Gasteiger charge is -2.12. The first kappa shape index (κ1) is 13.5. The van der Waals surface area contributed by atoms with Gasteiger partial charge < -0.3 is 10.5 Å². The molecule has 0 bridgehead atoms. The number of aromatic nitrogens is 1. The number of ether oxygens (including phenoxy) is 1. The topological polar surface area (TPSA) is 48.1 Å². The summed E-state index contributed by atoms with van der Waals surface area (Å²) in [6, 6.07) is 7.63. The van der Waals surface area contributed by atoms with Crippen LogP contribution in [-0.4, -0.2) is 4.98 Å². The van der Waals surface area contributed by atoms with Gasteiger partial charge in [-0.3, -0.25) is 0 Å². The molecular formula is C13H12Br2N2O. The van der Waals surface area contributed by atoms with Crippen molar-refractivity contribution in [1.82, 2.24) is 4.98 Å². The Bertz CT molecular complexity index is 573. The number of pyridine rings is 1. The summed E-state index contributed by atoms with van der Waals surface area (Å²) >= 11 is 6.86. The molecular weight excluding hydrogens is 360 g/mol. The fourth-order valence-corrected chi connectivity index (χ4v) is 2.69. The van der Waals surface area contributed by atoms with E-state index in [1.807, 2.05) is 31.2 Å². The van der Waals surface area contributed by atoms with E-state index in [1.165, 1.54) is 0 Å². The molecule has 2 N–H and O–H groups in total. The fraction of sp³-hybridized carbons (Fsp3) is 0.154. The SMILES string of the molecule is Cc1ccnc(Oc2ccc(Br)cc2Br)c1CN. The van der Waals surface area contributed by atoms with Gasteiger partial charge in [0.1, 0.15) is 5.75 Å². The predicted molar refractivity (Wildman–Crippen MR) is 78.8 cm³/mol. The zero-order chi connectivity index (χ0) is 13.1. The Morgan fingerprint density at radius 3 is 2.72 bits per heavy atom. The minimum absolute atomic E-state index is 0.406. The third-order valence-corrected chi connectivity index (χ3v) is 3.67. The Kier molecular flexibility index (Phi) is 4.37. The lowest BCUT2D eigenvalue weighted by atomic mass is 10.1. The molecule has 0 saturated heterocycles. The van der Waals surface area contributed by atoms with Gasteiger partial charge in [0.05, 0.1) is 4.47 Å². The van der Waals surface area contributed by atoms with E-state index >= 15 is 0 Å². The molecule has 0 aliphatic heterocycles. The van der Waals surface area contributed by atoms with Gasteiger partial charge in [0.2, 0.25) is 5.88 Å². The average molecular weight is 372 g/mol. The van der Waals surface area contributed by atoms with E-state index in [2.05, 4.69) is 36.8 Å². The number of nitrogens with zero attached hydrogens (tertiary/aromatic N) is 1. The van der Waals surface area contributed by atoms with Gasteiger partial charge in [-0.25, -0.2) is 4.98 Å². The number of hydrogen-bond donors (Lipinski definition) is 1. The van der Waals surface area contributed by atoms with Crippen molar-refractivity contribution in [2.45, 2.75) is 13.5 Å². The predicted octanol–water partition coefficient (Wildman–Crippen LogP) is 4.17. The molecule has 1 heterocycles. The van der Waals surface area contributed by atoms with Gasteiger partial charge >= 0.3 is 0 Å². The van der Waals surface area contributed by atoms with Gasteiger partial charge in [0, 0.05) is 22.8 Å². The van der Waals surface area contributed by atoms with E-state index in [0.29, 0.717) is 18.2 Å². The second-order valence-electron chi connectivity index (χ2n) is 3.79. The summed E-state index contributed by atoms with van der Waals surface area (Å²) in [5.41, 5.74) is 7.73. The van der Waals surface area contributed by atoms with Crippen molar-refractivity contribution in [2.75, 3.05) is 0 Å². The first-order valence-corrected chi connectivity index (χ1v) is 6.98. The van der Waals surface area contributed by atoms with Crippen molar-refractivity contribution in [3.8, 4) is 11.6 Å². The molecule has 0 radical (unpaired) electrons. The first-order chi connectivity index (χ1) is 8.61. The van der Waals surface area contributed by atoms with Crippen LogP contribution in [0.2, 0.25) is 0 Å². The number of halogens is 2. The highest BCUT2D eigenvalue weighted by molar-refractivity contribution is 9.11. The number of benzene rings is 1. The lowest BCUT2D eigenvalue weighted by molar-refractivity contribution is 0.453. The number of hydrogen-bond acceptors (Lipinski definition) is 3. The normalized spacial score (nSPS) is 10.4. The molecule has 0 spiro atoms. The zero-order valence-corrected chi connectivity index (χ0v) is 13.0. The Morgan fingerprint density at radius 1 is 1.28 bits per heavy atom. The van der Waals surface area contributed by atoms with Gasteiger partial charge in [-0.2, -0.15) is 0 Å². The Hall–Kier alpha value is -0.910. The Morgan fingerprint density at radius 2 is 2.06 bits per heavy atom. The van der Waals surface area contributed by atoms with Crippen LogP contribution in [0.5, 0.6) is 11.6 Å². The summed E-state index contributed by atoms with van der Waals surface area (Å²) < 4.78 is 7.66. The van der Waals surface area contributed by atoms with Gasteiger partial charge in [-0.05, 0) is 52.7 Å².